The van der Waals surface area contributed by atoms with E-state index in [4.69, 9.17) is 11.6 Å². The summed E-state index contributed by atoms with van der Waals surface area (Å²) in [7, 11) is 0. The normalized spacial score (nSPS) is 10.3. The smallest absolute Gasteiger partial charge is 0.311 e. The van der Waals surface area contributed by atoms with Crippen LogP contribution in [0.3, 0.4) is 0 Å². The summed E-state index contributed by atoms with van der Waals surface area (Å²) in [5.41, 5.74) is 1.55. The lowest BCUT2D eigenvalue weighted by Gasteiger charge is -2.09. The molecule has 0 saturated carbocycles. The first-order valence-electron chi connectivity index (χ1n) is 5.31. The molecule has 0 unspecified atom stereocenters. The second-order valence-electron chi connectivity index (χ2n) is 3.84. The number of benzene rings is 1. The van der Waals surface area contributed by atoms with E-state index in [1.165, 1.54) is 12.1 Å². The highest BCUT2D eigenvalue weighted by Gasteiger charge is 2.16. The van der Waals surface area contributed by atoms with Gasteiger partial charge in [-0.1, -0.05) is 33.6 Å². The Kier molecular flexibility index (Phi) is 4.01. The van der Waals surface area contributed by atoms with Crippen molar-refractivity contribution in [2.45, 2.75) is 6.92 Å². The van der Waals surface area contributed by atoms with Crippen LogP contribution in [0.1, 0.15) is 5.56 Å². The van der Waals surface area contributed by atoms with Gasteiger partial charge in [0.05, 0.1) is 4.92 Å². The van der Waals surface area contributed by atoms with Crippen LogP contribution < -0.4 is 5.32 Å². The highest BCUT2D eigenvalue weighted by atomic mass is 79.9. The van der Waals surface area contributed by atoms with E-state index in [0.29, 0.717) is 0 Å². The zero-order valence-corrected chi connectivity index (χ0v) is 12.2. The Labute approximate surface area is 122 Å². The van der Waals surface area contributed by atoms with Gasteiger partial charge in [0.15, 0.2) is 0 Å². The molecular formula is C12H9BrClN3O2. The van der Waals surface area contributed by atoms with Crippen molar-refractivity contribution >= 4 is 44.7 Å². The predicted octanol–water partition coefficient (Wildman–Crippen LogP) is 4.46. The lowest BCUT2D eigenvalue weighted by Crippen LogP contribution is -2.01. The quantitative estimate of drug-likeness (QED) is 0.508. The first-order valence-corrected chi connectivity index (χ1v) is 6.48. The Hall–Kier alpha value is -1.66. The van der Waals surface area contributed by atoms with Crippen molar-refractivity contribution in [3.63, 3.8) is 0 Å². The lowest BCUT2D eigenvalue weighted by atomic mass is 10.2. The minimum atomic E-state index is -0.501. The Morgan fingerprint density at radius 2 is 2.11 bits per heavy atom. The molecule has 1 N–H and O–H groups in total. The van der Waals surface area contributed by atoms with Gasteiger partial charge in [0, 0.05) is 16.2 Å². The number of hydrogen-bond acceptors (Lipinski definition) is 4. The van der Waals surface area contributed by atoms with E-state index >= 15 is 0 Å². The van der Waals surface area contributed by atoms with Crippen LogP contribution in [0.15, 0.2) is 34.8 Å². The number of anilines is 2. The van der Waals surface area contributed by atoms with E-state index in [2.05, 4.69) is 26.2 Å². The molecule has 0 spiro atoms. The molecule has 0 aliphatic carbocycles. The third-order valence-corrected chi connectivity index (χ3v) is 3.19. The van der Waals surface area contributed by atoms with Crippen LogP contribution in [0.5, 0.6) is 0 Å². The molecule has 2 rings (SSSR count). The minimum absolute atomic E-state index is 0.122. The molecule has 7 heteroatoms. The zero-order valence-electron chi connectivity index (χ0n) is 9.85. The third-order valence-electron chi connectivity index (χ3n) is 2.49. The van der Waals surface area contributed by atoms with Crippen molar-refractivity contribution in [2.24, 2.45) is 0 Å². The fraction of sp³-hybridized carbons (Fsp3) is 0.0833. The van der Waals surface area contributed by atoms with Gasteiger partial charge in [-0.2, -0.15) is 0 Å². The van der Waals surface area contributed by atoms with Crippen molar-refractivity contribution in [1.82, 2.24) is 4.98 Å². The molecule has 2 aromatic rings. The van der Waals surface area contributed by atoms with Crippen molar-refractivity contribution in [1.29, 1.82) is 0 Å². The molecule has 0 saturated heterocycles. The summed E-state index contributed by atoms with van der Waals surface area (Å²) < 4.78 is 0.866. The first-order chi connectivity index (χ1) is 8.97. The Bertz CT molecular complexity index is 649. The van der Waals surface area contributed by atoms with Crippen LogP contribution in [0.2, 0.25) is 5.15 Å². The molecule has 0 atom stereocenters. The Balaban J connectivity index is 2.45. The number of pyridine rings is 1. The molecule has 5 nitrogen and oxygen atoms in total. The van der Waals surface area contributed by atoms with E-state index < -0.39 is 4.92 Å². The van der Waals surface area contributed by atoms with Gasteiger partial charge in [0.25, 0.3) is 0 Å². The van der Waals surface area contributed by atoms with Crippen molar-refractivity contribution in [3.8, 4) is 0 Å². The molecule has 0 fully saturated rings. The van der Waals surface area contributed by atoms with Crippen molar-refractivity contribution in [3.05, 3.63) is 55.6 Å². The summed E-state index contributed by atoms with van der Waals surface area (Å²) in [6.45, 7) is 1.89. The largest absolute Gasteiger partial charge is 0.334 e. The number of nitrogens with zero attached hydrogens (tertiary/aromatic N) is 2. The highest BCUT2D eigenvalue weighted by Crippen LogP contribution is 2.29. The highest BCUT2D eigenvalue weighted by molar-refractivity contribution is 9.10. The van der Waals surface area contributed by atoms with Crippen molar-refractivity contribution < 1.29 is 4.92 Å². The van der Waals surface area contributed by atoms with Gasteiger partial charge in [0.2, 0.25) is 5.82 Å². The minimum Gasteiger partial charge on any atom is -0.334 e. The Morgan fingerprint density at radius 1 is 1.37 bits per heavy atom. The van der Waals surface area contributed by atoms with Gasteiger partial charge in [-0.15, -0.1) is 0 Å². The molecule has 0 amide bonds. The average molecular weight is 343 g/mol. The molecule has 0 aliphatic heterocycles. The summed E-state index contributed by atoms with van der Waals surface area (Å²) in [4.78, 5) is 14.4. The summed E-state index contributed by atoms with van der Waals surface area (Å²) in [5, 5.41) is 14.1. The molecule has 19 heavy (non-hydrogen) atoms. The summed E-state index contributed by atoms with van der Waals surface area (Å²) >= 11 is 9.13. The second-order valence-corrected chi connectivity index (χ2v) is 5.15. The molecule has 98 valence electrons. The van der Waals surface area contributed by atoms with E-state index in [0.717, 1.165) is 15.7 Å². The first kappa shape index (κ1) is 13.8. The van der Waals surface area contributed by atoms with E-state index in [9.17, 15) is 10.1 Å². The van der Waals surface area contributed by atoms with E-state index in [1.807, 2.05) is 25.1 Å². The van der Waals surface area contributed by atoms with Crippen LogP contribution in [-0.4, -0.2) is 9.91 Å². The second kappa shape index (κ2) is 5.54. The number of rotatable bonds is 3. The van der Waals surface area contributed by atoms with E-state index in [-0.39, 0.29) is 16.7 Å². The summed E-state index contributed by atoms with van der Waals surface area (Å²) in [5.74, 6) is 0.124. The number of halogens is 2. The lowest BCUT2D eigenvalue weighted by molar-refractivity contribution is -0.384. The van der Waals surface area contributed by atoms with Crippen LogP contribution in [0.4, 0.5) is 17.2 Å². The van der Waals surface area contributed by atoms with Gasteiger partial charge >= 0.3 is 5.69 Å². The standard InChI is InChI=1S/C12H9BrClN3O2/c1-7-2-3-8(13)6-9(7)15-12-10(17(18)19)4-5-11(14)16-12/h2-6H,1H3,(H,15,16). The molecule has 1 aromatic carbocycles. The maximum atomic E-state index is 10.9. The van der Waals surface area contributed by atoms with Gasteiger partial charge in [-0.25, -0.2) is 4.98 Å². The van der Waals surface area contributed by atoms with Crippen LogP contribution in [-0.2, 0) is 0 Å². The van der Waals surface area contributed by atoms with Crippen molar-refractivity contribution in [2.75, 3.05) is 5.32 Å². The topological polar surface area (TPSA) is 68.1 Å². The number of hydrogen-bond donors (Lipinski definition) is 1. The van der Waals surface area contributed by atoms with Gasteiger partial charge in [-0.05, 0) is 30.7 Å². The fourth-order valence-corrected chi connectivity index (χ4v) is 2.03. The molecular weight excluding hydrogens is 334 g/mol. The SMILES string of the molecule is Cc1ccc(Br)cc1Nc1nc(Cl)ccc1[N+](=O)[O-]. The molecule has 1 heterocycles. The van der Waals surface area contributed by atoms with Gasteiger partial charge in [-0.3, -0.25) is 10.1 Å². The number of nitro groups is 1. The fourth-order valence-electron chi connectivity index (χ4n) is 1.52. The van der Waals surface area contributed by atoms with E-state index in [1.54, 1.807) is 0 Å². The average Bonchev–Trinajstić information content (AvgIpc) is 2.33. The maximum absolute atomic E-state index is 10.9. The van der Waals surface area contributed by atoms with Gasteiger partial charge in [0.1, 0.15) is 5.15 Å². The number of aryl methyl sites for hydroxylation is 1. The van der Waals surface area contributed by atoms with Crippen LogP contribution in [0.25, 0.3) is 0 Å². The van der Waals surface area contributed by atoms with Crippen LogP contribution >= 0.6 is 27.5 Å². The zero-order chi connectivity index (χ0) is 14.0. The Morgan fingerprint density at radius 3 is 2.79 bits per heavy atom. The van der Waals surface area contributed by atoms with Crippen LogP contribution in [0, 0.1) is 17.0 Å². The summed E-state index contributed by atoms with van der Waals surface area (Å²) in [6.07, 6.45) is 0. The third kappa shape index (κ3) is 3.21. The molecule has 0 aliphatic rings. The molecule has 1 aromatic heterocycles. The molecule has 0 bridgehead atoms. The number of aromatic nitrogens is 1. The number of nitrogens with one attached hydrogen (secondary N) is 1. The monoisotopic (exact) mass is 341 g/mol. The predicted molar refractivity (Wildman–Crippen MR) is 78.1 cm³/mol. The summed E-state index contributed by atoms with van der Waals surface area (Å²) in [6, 6.07) is 8.31. The molecule has 0 radical (unpaired) electrons. The van der Waals surface area contributed by atoms with Gasteiger partial charge < -0.3 is 5.32 Å². The maximum Gasteiger partial charge on any atom is 0.311 e.